The first kappa shape index (κ1) is 11.7. The number of ether oxygens (including phenoxy) is 1. The lowest BCUT2D eigenvalue weighted by atomic mass is 10.0. The van der Waals surface area contributed by atoms with Crippen LogP contribution in [0.5, 0.6) is 0 Å². The maximum atomic E-state index is 10.9. The van der Waals surface area contributed by atoms with Crippen molar-refractivity contribution in [2.75, 3.05) is 6.54 Å². The van der Waals surface area contributed by atoms with Crippen molar-refractivity contribution in [1.29, 1.82) is 0 Å². The second kappa shape index (κ2) is 4.91. The molecule has 0 aliphatic rings. The Morgan fingerprint density at radius 2 is 2.00 bits per heavy atom. The molecule has 4 nitrogen and oxygen atoms in total. The minimum absolute atomic E-state index is 0.0987. The third-order valence-electron chi connectivity index (χ3n) is 2.04. The zero-order chi connectivity index (χ0) is 11.3. The molecule has 82 valence electrons. The molecular formula is C11H16N2O2. The van der Waals surface area contributed by atoms with Gasteiger partial charge in [0.1, 0.15) is 0 Å². The van der Waals surface area contributed by atoms with Crippen molar-refractivity contribution >= 4 is 5.97 Å². The Morgan fingerprint density at radius 1 is 1.40 bits per heavy atom. The molecule has 0 spiro atoms. The van der Waals surface area contributed by atoms with Crippen LogP contribution in [-0.2, 0) is 16.0 Å². The van der Waals surface area contributed by atoms with Crippen molar-refractivity contribution in [2.24, 2.45) is 11.5 Å². The average Bonchev–Trinajstić information content (AvgIpc) is 2.18. The number of nitrogens with two attached hydrogens (primary N) is 2. The topological polar surface area (TPSA) is 78.3 Å². The molecule has 1 rings (SSSR count). The van der Waals surface area contributed by atoms with Gasteiger partial charge in [0.2, 0.25) is 0 Å². The van der Waals surface area contributed by atoms with Gasteiger partial charge in [-0.15, -0.1) is 0 Å². The largest absolute Gasteiger partial charge is 0.443 e. The number of esters is 1. The molecule has 0 amide bonds. The Hall–Kier alpha value is -1.39. The summed E-state index contributed by atoms with van der Waals surface area (Å²) in [7, 11) is 0. The summed E-state index contributed by atoms with van der Waals surface area (Å²) in [6.07, 6.45) is 0.421. The molecule has 0 saturated heterocycles. The van der Waals surface area contributed by atoms with Gasteiger partial charge >= 0.3 is 5.97 Å². The first-order valence-electron chi connectivity index (χ1n) is 4.78. The highest BCUT2D eigenvalue weighted by Crippen LogP contribution is 2.11. The Balaban J connectivity index is 2.72. The van der Waals surface area contributed by atoms with Crippen molar-refractivity contribution in [3.8, 4) is 0 Å². The van der Waals surface area contributed by atoms with Crippen LogP contribution in [0, 0.1) is 0 Å². The second-order valence-corrected chi connectivity index (χ2v) is 3.52. The van der Waals surface area contributed by atoms with E-state index in [2.05, 4.69) is 0 Å². The van der Waals surface area contributed by atoms with Gasteiger partial charge in [-0.05, 0) is 5.56 Å². The quantitative estimate of drug-likeness (QED) is 0.554. The van der Waals surface area contributed by atoms with Gasteiger partial charge < -0.3 is 10.5 Å². The third kappa shape index (κ3) is 3.69. The van der Waals surface area contributed by atoms with E-state index < -0.39 is 11.7 Å². The molecular weight excluding hydrogens is 192 g/mol. The van der Waals surface area contributed by atoms with Crippen molar-refractivity contribution in [3.63, 3.8) is 0 Å². The fourth-order valence-corrected chi connectivity index (χ4v) is 1.38. The van der Waals surface area contributed by atoms with E-state index in [1.165, 1.54) is 6.92 Å². The monoisotopic (exact) mass is 208 g/mol. The van der Waals surface area contributed by atoms with E-state index in [1.54, 1.807) is 0 Å². The molecule has 1 aromatic carbocycles. The lowest BCUT2D eigenvalue weighted by Gasteiger charge is -2.27. The molecule has 0 saturated carbocycles. The Kier molecular flexibility index (Phi) is 3.82. The van der Waals surface area contributed by atoms with Gasteiger partial charge in [-0.25, -0.2) is 0 Å². The smallest absolute Gasteiger partial charge is 0.304 e. The van der Waals surface area contributed by atoms with E-state index in [0.29, 0.717) is 6.42 Å². The molecule has 4 N–H and O–H groups in total. The van der Waals surface area contributed by atoms with Gasteiger partial charge in [0.15, 0.2) is 5.72 Å². The molecule has 1 aromatic rings. The molecule has 0 bridgehead atoms. The Bertz CT molecular complexity index is 327. The molecule has 0 heterocycles. The van der Waals surface area contributed by atoms with Crippen LogP contribution in [0.3, 0.4) is 0 Å². The van der Waals surface area contributed by atoms with E-state index in [-0.39, 0.29) is 6.54 Å². The van der Waals surface area contributed by atoms with Gasteiger partial charge in [-0.1, -0.05) is 30.3 Å². The predicted molar refractivity (Wildman–Crippen MR) is 57.9 cm³/mol. The molecule has 0 aliphatic heterocycles. The SMILES string of the molecule is CC(=O)OC(N)(CN)Cc1ccccc1. The Morgan fingerprint density at radius 3 is 2.47 bits per heavy atom. The average molecular weight is 208 g/mol. The summed E-state index contributed by atoms with van der Waals surface area (Å²) in [6, 6.07) is 9.55. The lowest BCUT2D eigenvalue weighted by Crippen LogP contribution is -2.52. The summed E-state index contributed by atoms with van der Waals surface area (Å²) in [4.78, 5) is 10.9. The summed E-state index contributed by atoms with van der Waals surface area (Å²) in [5.41, 5.74) is 11.3. The highest BCUT2D eigenvalue weighted by Gasteiger charge is 2.26. The molecule has 1 atom stereocenters. The maximum Gasteiger partial charge on any atom is 0.304 e. The molecule has 0 fully saturated rings. The number of benzene rings is 1. The van der Waals surface area contributed by atoms with E-state index in [9.17, 15) is 4.79 Å². The third-order valence-corrected chi connectivity index (χ3v) is 2.04. The number of carbonyl (C=O) groups excluding carboxylic acids is 1. The van der Waals surface area contributed by atoms with Crippen LogP contribution in [0.1, 0.15) is 12.5 Å². The molecule has 0 aromatic heterocycles. The minimum Gasteiger partial charge on any atom is -0.443 e. The zero-order valence-corrected chi connectivity index (χ0v) is 8.77. The molecule has 0 aliphatic carbocycles. The second-order valence-electron chi connectivity index (χ2n) is 3.52. The van der Waals surface area contributed by atoms with Crippen molar-refractivity contribution in [1.82, 2.24) is 0 Å². The minimum atomic E-state index is -1.10. The zero-order valence-electron chi connectivity index (χ0n) is 8.77. The van der Waals surface area contributed by atoms with Crippen LogP contribution in [0.25, 0.3) is 0 Å². The lowest BCUT2D eigenvalue weighted by molar-refractivity contribution is -0.155. The van der Waals surface area contributed by atoms with Gasteiger partial charge in [0, 0.05) is 19.9 Å². The van der Waals surface area contributed by atoms with Crippen molar-refractivity contribution in [3.05, 3.63) is 35.9 Å². The van der Waals surface area contributed by atoms with E-state index in [1.807, 2.05) is 30.3 Å². The fourth-order valence-electron chi connectivity index (χ4n) is 1.38. The summed E-state index contributed by atoms with van der Waals surface area (Å²) in [6.45, 7) is 1.42. The summed E-state index contributed by atoms with van der Waals surface area (Å²) in [5.74, 6) is -0.418. The van der Waals surface area contributed by atoms with Crippen molar-refractivity contribution in [2.45, 2.75) is 19.1 Å². The normalized spacial score (nSPS) is 14.3. The van der Waals surface area contributed by atoms with E-state index in [4.69, 9.17) is 16.2 Å². The number of rotatable bonds is 4. The summed E-state index contributed by atoms with van der Waals surface area (Å²) < 4.78 is 5.00. The predicted octanol–water partition coefficient (Wildman–Crippen LogP) is 0.406. The van der Waals surface area contributed by atoms with Gasteiger partial charge in [-0.3, -0.25) is 10.5 Å². The first-order valence-corrected chi connectivity index (χ1v) is 4.78. The molecule has 1 unspecified atom stereocenters. The highest BCUT2D eigenvalue weighted by molar-refractivity contribution is 5.66. The molecule has 15 heavy (non-hydrogen) atoms. The maximum absolute atomic E-state index is 10.9. The van der Waals surface area contributed by atoms with Crippen LogP contribution < -0.4 is 11.5 Å². The first-order chi connectivity index (χ1) is 7.06. The molecule has 0 radical (unpaired) electrons. The van der Waals surface area contributed by atoms with Crippen LogP contribution in [0.15, 0.2) is 30.3 Å². The van der Waals surface area contributed by atoms with E-state index >= 15 is 0 Å². The van der Waals surface area contributed by atoms with Crippen LogP contribution >= 0.6 is 0 Å². The number of carbonyl (C=O) groups is 1. The van der Waals surface area contributed by atoms with Gasteiger partial charge in [0.25, 0.3) is 0 Å². The molecule has 4 heteroatoms. The highest BCUT2D eigenvalue weighted by atomic mass is 16.6. The standard InChI is InChI=1S/C11H16N2O2/c1-9(14)15-11(13,8-12)7-10-5-3-2-4-6-10/h2-6H,7-8,12-13H2,1H3. The van der Waals surface area contributed by atoms with Gasteiger partial charge in [-0.2, -0.15) is 0 Å². The Labute approximate surface area is 89.2 Å². The van der Waals surface area contributed by atoms with E-state index in [0.717, 1.165) is 5.56 Å². The van der Waals surface area contributed by atoms with Gasteiger partial charge in [0.05, 0.1) is 0 Å². The summed E-state index contributed by atoms with van der Waals surface area (Å²) >= 11 is 0. The number of hydrogen-bond donors (Lipinski definition) is 2. The fraction of sp³-hybridized carbons (Fsp3) is 0.364. The number of hydrogen-bond acceptors (Lipinski definition) is 4. The summed E-state index contributed by atoms with van der Waals surface area (Å²) in [5, 5.41) is 0. The van der Waals surface area contributed by atoms with Crippen LogP contribution in [0.4, 0.5) is 0 Å². The van der Waals surface area contributed by atoms with Crippen LogP contribution in [0.2, 0.25) is 0 Å². The van der Waals surface area contributed by atoms with Crippen LogP contribution in [-0.4, -0.2) is 18.2 Å². The van der Waals surface area contributed by atoms with Crippen molar-refractivity contribution < 1.29 is 9.53 Å².